The first-order valence-electron chi connectivity index (χ1n) is 36.4. The molecule has 104 heavy (non-hydrogen) atoms. The van der Waals surface area contributed by atoms with Crippen molar-refractivity contribution in [1.29, 1.82) is 0 Å². The van der Waals surface area contributed by atoms with Crippen LogP contribution >= 0.6 is 0 Å². The van der Waals surface area contributed by atoms with Gasteiger partial charge in [0.2, 0.25) is 0 Å². The Morgan fingerprint density at radius 3 is 1.77 bits per heavy atom. The van der Waals surface area contributed by atoms with Crippen molar-refractivity contribution in [2.24, 2.45) is 5.92 Å². The summed E-state index contributed by atoms with van der Waals surface area (Å²) < 4.78 is 189. The standard InChI is InChI=1S/C69H104O33S2/c1-10-11-30(2)12-14-65(5,77)60-31(3)18-41-40(93-60)24-51-69(9,100-41)61(98-64-57(76)54(73)47(96-64)29-85-63-56(75)53(72)46(95-63)28-84-62-55(74)52(71)45(27-70)94-62)59-44(92-51)22-43-58(97-59)32(4)26-68(8)49(91-43)25-48-67(7,102-68)15-13-33-34(90-48)19-36-35(87-33)20-37-38(88-36)21-42-39(89-37)23-50(101-104(81,82)83)66(6,99-42)16-17-86-103(78,79)80/h10,12,14,32-64,70-77H,1-3,11,13,15-29H2,4-9H3,(H,78,79,80)(H,81,82,83)/b14-12+/t32-,33-,34+,35+,36-,37-,38+,39+,40+,41-,42-,43-,44+,45-,46-,47-,48-,49+,50-,51-,52-,53-,54-,55+,56+,57+,58+,59+,60-,61+,62-,63-,64+,65+,66+,67+,68-,69-/m0/s1. The second kappa shape index (κ2) is 29.7. The number of aliphatic hydroxyl groups is 8. The molecule has 0 amide bonds. The summed E-state index contributed by atoms with van der Waals surface area (Å²) in [5, 5.41) is 87.6. The third-order valence-electron chi connectivity index (χ3n) is 24.5. The average molecular weight is 1530 g/mol. The summed E-state index contributed by atoms with van der Waals surface area (Å²) in [5.74, 6) is -0.211. The lowest BCUT2D eigenvalue weighted by molar-refractivity contribution is -0.382. The van der Waals surface area contributed by atoms with Crippen LogP contribution in [0.15, 0.2) is 49.1 Å². The van der Waals surface area contributed by atoms with E-state index in [9.17, 15) is 66.8 Å². The molecule has 10 N–H and O–H groups in total. The Morgan fingerprint density at radius 2 is 1.14 bits per heavy atom. The molecule has 35 heteroatoms. The molecule has 590 valence electrons. The number of hydrogen-bond acceptors (Lipinski definition) is 31. The van der Waals surface area contributed by atoms with Crippen LogP contribution in [0.3, 0.4) is 0 Å². The molecule has 14 aliphatic heterocycles. The summed E-state index contributed by atoms with van der Waals surface area (Å²) in [7, 11) is -9.84. The molecule has 14 heterocycles. The SMILES string of the molecule is C=CCC(=C)/C=C/[C@@](C)(O)[C@H]1O[C@@H]2C[C@@H]3O[C@@H]4C[C@@H]5O[C@@H]6C[C@@H]7O[C@@H]8C[C@@H]9O[C@@H]%10C[C@@H]%11O[C@](C)(CCOS(=O)(=O)O)[C@@H](OS(=O)(=O)O)C[C@H]%11O[C@H]%10C[C@H]9O[C@H]8CC[C@@]7(C)O[C@@]6(C)C[C@H](C)[C@H]5O[C@H]4[C@@H](O[C@H]4O[C@@H](CO[C@H]5O[C@@H](CO[C@H]6O[C@@H](CO)[C@H](O)[C@H]6O)[C@H](O)[C@H]5O)[C@H](O)[C@H]4O)[C@@]3(C)O[C@H]2CC1=C. The Bertz CT molecular complexity index is 3370. The highest BCUT2D eigenvalue weighted by molar-refractivity contribution is 7.81. The average Bonchev–Trinajstić information content (AvgIpc) is 1.08. The highest BCUT2D eigenvalue weighted by Gasteiger charge is 2.68. The fourth-order valence-corrected chi connectivity index (χ4v) is 19.9. The highest BCUT2D eigenvalue weighted by atomic mass is 32.3. The van der Waals surface area contributed by atoms with Crippen molar-refractivity contribution in [3.8, 4) is 0 Å². The Balaban J connectivity index is 0.663. The number of rotatable bonds is 20. The summed E-state index contributed by atoms with van der Waals surface area (Å²) in [4.78, 5) is 0. The molecule has 0 aromatic carbocycles. The molecule has 33 nitrogen and oxygen atoms in total. The van der Waals surface area contributed by atoms with E-state index in [0.717, 1.165) is 5.57 Å². The highest BCUT2D eigenvalue weighted by Crippen LogP contribution is 2.56. The molecular formula is C69H104O33S2. The molecule has 14 rings (SSSR count). The van der Waals surface area contributed by atoms with Gasteiger partial charge < -0.3 is 121 Å². The molecule has 38 atom stereocenters. The van der Waals surface area contributed by atoms with Crippen LogP contribution in [0.4, 0.5) is 0 Å². The van der Waals surface area contributed by atoms with Gasteiger partial charge in [0.15, 0.2) is 18.9 Å². The number of allylic oxidation sites excluding steroid dienone is 3. The van der Waals surface area contributed by atoms with Gasteiger partial charge in [0.05, 0.1) is 141 Å². The fourth-order valence-electron chi connectivity index (χ4n) is 19.0. The summed E-state index contributed by atoms with van der Waals surface area (Å²) in [6.07, 6.45) is -20.8. The topological polar surface area (TPSA) is 446 Å². The van der Waals surface area contributed by atoms with E-state index in [1.807, 2.05) is 6.92 Å². The number of ether oxygens (including phenoxy) is 17. The zero-order valence-electron chi connectivity index (χ0n) is 59.1. The molecule has 0 aromatic rings. The molecule has 0 spiro atoms. The minimum absolute atomic E-state index is 0.0419. The van der Waals surface area contributed by atoms with E-state index in [2.05, 4.69) is 44.7 Å². The van der Waals surface area contributed by atoms with Gasteiger partial charge in [-0.1, -0.05) is 43.9 Å². The predicted octanol–water partition coefficient (Wildman–Crippen LogP) is 0.0594. The van der Waals surface area contributed by atoms with Gasteiger partial charge in [-0.15, -0.1) is 6.58 Å². The van der Waals surface area contributed by atoms with Crippen molar-refractivity contribution in [2.45, 2.75) is 349 Å². The molecule has 0 radical (unpaired) electrons. The first kappa shape index (κ1) is 78.4. The Hall–Kier alpha value is -2.30. The lowest BCUT2D eigenvalue weighted by Gasteiger charge is -2.60. The maximum atomic E-state index is 12.1. The molecule has 0 aromatic heterocycles. The summed E-state index contributed by atoms with van der Waals surface area (Å²) >= 11 is 0. The van der Waals surface area contributed by atoms with Crippen molar-refractivity contribution in [2.75, 3.05) is 26.4 Å². The van der Waals surface area contributed by atoms with E-state index >= 15 is 0 Å². The second-order valence-electron chi connectivity index (χ2n) is 32.2. The van der Waals surface area contributed by atoms with E-state index in [-0.39, 0.29) is 43.8 Å². The zero-order chi connectivity index (χ0) is 74.3. The molecule has 0 unspecified atom stereocenters. The minimum Gasteiger partial charge on any atom is -0.394 e. The lowest BCUT2D eigenvalue weighted by atomic mass is 9.73. The van der Waals surface area contributed by atoms with Gasteiger partial charge in [-0.25, -0.2) is 8.37 Å². The molecule has 14 aliphatic rings. The van der Waals surface area contributed by atoms with Gasteiger partial charge in [-0.05, 0) is 78.2 Å². The van der Waals surface area contributed by atoms with Crippen LogP contribution in [0.5, 0.6) is 0 Å². The molecule has 14 fully saturated rings. The third kappa shape index (κ3) is 15.5. The monoisotopic (exact) mass is 1520 g/mol. The van der Waals surface area contributed by atoms with Crippen LogP contribution in [0, 0.1) is 5.92 Å². The summed E-state index contributed by atoms with van der Waals surface area (Å²) in [6, 6.07) is 0. The van der Waals surface area contributed by atoms with Crippen LogP contribution in [-0.4, -0.2) is 317 Å². The smallest absolute Gasteiger partial charge is 0.394 e. The van der Waals surface area contributed by atoms with Crippen LogP contribution in [-0.2, 0) is 110 Å². The molecule has 14 saturated heterocycles. The van der Waals surface area contributed by atoms with E-state index < -0.39 is 259 Å². The fraction of sp³-hybridized carbons (Fsp3) is 0.884. The maximum Gasteiger partial charge on any atom is 0.397 e. The second-order valence-corrected chi connectivity index (χ2v) is 34.4. The van der Waals surface area contributed by atoms with Crippen LogP contribution in [0.1, 0.15) is 125 Å². The van der Waals surface area contributed by atoms with Gasteiger partial charge in [0.1, 0.15) is 90.6 Å². The Kier molecular flexibility index (Phi) is 22.4. The quantitative estimate of drug-likeness (QED) is 0.0438. The minimum atomic E-state index is -5.00. The number of hydrogen-bond donors (Lipinski definition) is 10. The predicted molar refractivity (Wildman–Crippen MR) is 351 cm³/mol. The van der Waals surface area contributed by atoms with Crippen molar-refractivity contribution in [3.63, 3.8) is 0 Å². The number of aliphatic hydroxyl groups excluding tert-OH is 7. The zero-order valence-corrected chi connectivity index (χ0v) is 60.7. The molecular weight excluding hydrogens is 1420 g/mol. The van der Waals surface area contributed by atoms with E-state index in [1.54, 1.807) is 25.2 Å². The normalized spacial score (nSPS) is 52.0. The van der Waals surface area contributed by atoms with Gasteiger partial charge in [0, 0.05) is 51.4 Å². The van der Waals surface area contributed by atoms with Gasteiger partial charge in [0.25, 0.3) is 0 Å². The molecule has 0 saturated carbocycles. The molecule has 0 aliphatic carbocycles. The van der Waals surface area contributed by atoms with E-state index in [0.29, 0.717) is 63.4 Å². The Labute approximate surface area is 604 Å². The first-order chi connectivity index (χ1) is 48.9. The van der Waals surface area contributed by atoms with Crippen molar-refractivity contribution >= 4 is 20.8 Å². The summed E-state index contributed by atoms with van der Waals surface area (Å²) in [6.45, 7) is 21.4. The molecule has 0 bridgehead atoms. The Morgan fingerprint density at radius 1 is 0.606 bits per heavy atom. The van der Waals surface area contributed by atoms with Gasteiger partial charge in [-0.2, -0.15) is 16.8 Å². The van der Waals surface area contributed by atoms with Crippen molar-refractivity contribution in [1.82, 2.24) is 0 Å². The van der Waals surface area contributed by atoms with Crippen LogP contribution < -0.4 is 0 Å². The lowest BCUT2D eigenvalue weighted by Crippen LogP contribution is -2.74. The van der Waals surface area contributed by atoms with Gasteiger partial charge >= 0.3 is 20.8 Å². The summed E-state index contributed by atoms with van der Waals surface area (Å²) in [5.41, 5.74) is -4.74. The van der Waals surface area contributed by atoms with Crippen LogP contribution in [0.2, 0.25) is 0 Å². The van der Waals surface area contributed by atoms with E-state index in [4.69, 9.17) is 84.7 Å². The maximum absolute atomic E-state index is 12.1. The van der Waals surface area contributed by atoms with Crippen molar-refractivity contribution in [3.05, 3.63) is 49.1 Å². The third-order valence-corrected chi connectivity index (χ3v) is 25.4. The number of fused-ring (bicyclic) bond motifs is 10. The van der Waals surface area contributed by atoms with Gasteiger partial charge in [-0.3, -0.25) is 9.11 Å². The first-order valence-corrected chi connectivity index (χ1v) is 39.2. The van der Waals surface area contributed by atoms with Crippen LogP contribution in [0.25, 0.3) is 0 Å². The van der Waals surface area contributed by atoms with Crippen molar-refractivity contribution < 1.29 is 156 Å². The largest absolute Gasteiger partial charge is 0.397 e. The van der Waals surface area contributed by atoms with E-state index in [1.165, 1.54) is 6.92 Å².